The second-order valence-electron chi connectivity index (χ2n) is 4.89. The van der Waals surface area contributed by atoms with Crippen LogP contribution in [0.3, 0.4) is 0 Å². The Labute approximate surface area is 131 Å². The van der Waals surface area contributed by atoms with Gasteiger partial charge >= 0.3 is 6.18 Å². The molecule has 0 aliphatic heterocycles. The highest BCUT2D eigenvalue weighted by Gasteiger charge is 2.37. The zero-order valence-electron chi connectivity index (χ0n) is 11.9. The molecule has 0 saturated carbocycles. The summed E-state index contributed by atoms with van der Waals surface area (Å²) >= 11 is 0. The first-order chi connectivity index (χ1) is 10.6. The molecule has 0 saturated heterocycles. The van der Waals surface area contributed by atoms with Gasteiger partial charge in [-0.2, -0.15) is 13.2 Å². The van der Waals surface area contributed by atoms with Crippen molar-refractivity contribution >= 4 is 10.0 Å². The summed E-state index contributed by atoms with van der Waals surface area (Å²) in [6.45, 7) is 1.46. The topological polar surface area (TPSA) is 46.2 Å². The van der Waals surface area contributed by atoms with Crippen LogP contribution in [0.4, 0.5) is 17.6 Å². The lowest BCUT2D eigenvalue weighted by Gasteiger charge is -2.17. The van der Waals surface area contributed by atoms with Gasteiger partial charge in [-0.1, -0.05) is 24.3 Å². The highest BCUT2D eigenvalue weighted by Crippen LogP contribution is 2.34. The van der Waals surface area contributed by atoms with E-state index in [9.17, 15) is 26.0 Å². The van der Waals surface area contributed by atoms with E-state index in [1.165, 1.54) is 25.1 Å². The van der Waals surface area contributed by atoms with E-state index >= 15 is 0 Å². The van der Waals surface area contributed by atoms with Crippen LogP contribution in [0, 0.1) is 5.82 Å². The third kappa shape index (κ3) is 4.08. The molecule has 1 unspecified atom stereocenters. The predicted molar refractivity (Wildman–Crippen MR) is 76.6 cm³/mol. The largest absolute Gasteiger partial charge is 0.417 e. The highest BCUT2D eigenvalue weighted by molar-refractivity contribution is 7.89. The van der Waals surface area contributed by atoms with Gasteiger partial charge in [-0.05, 0) is 36.8 Å². The molecule has 0 aliphatic carbocycles. The Balaban J connectivity index is 2.35. The van der Waals surface area contributed by atoms with Crippen LogP contribution in [0.2, 0.25) is 0 Å². The second kappa shape index (κ2) is 6.29. The monoisotopic (exact) mass is 347 g/mol. The van der Waals surface area contributed by atoms with Crippen LogP contribution < -0.4 is 4.72 Å². The molecule has 2 rings (SSSR count). The zero-order chi connectivity index (χ0) is 17.3. The van der Waals surface area contributed by atoms with Crippen molar-refractivity contribution in [3.63, 3.8) is 0 Å². The maximum atomic E-state index is 12.9. The van der Waals surface area contributed by atoms with Gasteiger partial charge in [0.1, 0.15) is 5.82 Å². The zero-order valence-corrected chi connectivity index (χ0v) is 12.7. The van der Waals surface area contributed by atoms with Crippen molar-refractivity contribution in [2.75, 3.05) is 0 Å². The average Bonchev–Trinajstić information content (AvgIpc) is 2.46. The molecular weight excluding hydrogens is 334 g/mol. The molecule has 2 aromatic carbocycles. The molecular formula is C15H13F4NO2S. The molecule has 2 aromatic rings. The van der Waals surface area contributed by atoms with Gasteiger partial charge in [0, 0.05) is 6.04 Å². The Morgan fingerprint density at radius 2 is 1.57 bits per heavy atom. The van der Waals surface area contributed by atoms with Gasteiger partial charge in [0.05, 0.1) is 10.5 Å². The number of sulfonamides is 1. The molecule has 1 N–H and O–H groups in total. The molecule has 0 spiro atoms. The average molecular weight is 347 g/mol. The molecule has 0 amide bonds. The number of halogens is 4. The van der Waals surface area contributed by atoms with E-state index < -0.39 is 38.5 Å². The summed E-state index contributed by atoms with van der Waals surface area (Å²) in [5, 5.41) is 0. The van der Waals surface area contributed by atoms with Gasteiger partial charge in [0.25, 0.3) is 0 Å². The van der Waals surface area contributed by atoms with Gasteiger partial charge in [0.2, 0.25) is 10.0 Å². The maximum absolute atomic E-state index is 12.9. The fourth-order valence-electron chi connectivity index (χ4n) is 2.05. The predicted octanol–water partition coefficient (Wildman–Crippen LogP) is 3.88. The van der Waals surface area contributed by atoms with Crippen LogP contribution in [0.15, 0.2) is 53.4 Å². The highest BCUT2D eigenvalue weighted by atomic mass is 32.2. The summed E-state index contributed by atoms with van der Waals surface area (Å²) in [5.74, 6) is -0.494. The lowest BCUT2D eigenvalue weighted by Crippen LogP contribution is -2.29. The Kier molecular flexibility index (Phi) is 4.76. The van der Waals surface area contributed by atoms with E-state index in [2.05, 4.69) is 4.72 Å². The normalized spacial score (nSPS) is 13.8. The van der Waals surface area contributed by atoms with Crippen molar-refractivity contribution in [1.29, 1.82) is 0 Å². The first-order valence-electron chi connectivity index (χ1n) is 6.55. The number of hydrogen-bond acceptors (Lipinski definition) is 2. The molecule has 3 nitrogen and oxygen atoms in total. The fourth-order valence-corrected chi connectivity index (χ4v) is 3.51. The lowest BCUT2D eigenvalue weighted by atomic mass is 10.1. The smallest absolute Gasteiger partial charge is 0.207 e. The van der Waals surface area contributed by atoms with Crippen LogP contribution in [-0.2, 0) is 16.2 Å². The minimum absolute atomic E-state index is 0.430. The minimum atomic E-state index is -4.79. The molecule has 0 fully saturated rings. The summed E-state index contributed by atoms with van der Waals surface area (Å²) in [7, 11) is -4.40. The number of hydrogen-bond donors (Lipinski definition) is 1. The molecule has 0 aromatic heterocycles. The summed E-state index contributed by atoms with van der Waals surface area (Å²) in [6, 6.07) is 8.11. The fraction of sp³-hybridized carbons (Fsp3) is 0.200. The Morgan fingerprint density at radius 3 is 2.13 bits per heavy atom. The van der Waals surface area contributed by atoms with Crippen LogP contribution in [0.25, 0.3) is 0 Å². The third-order valence-corrected chi connectivity index (χ3v) is 4.78. The van der Waals surface area contributed by atoms with Crippen LogP contribution in [0.1, 0.15) is 24.1 Å². The van der Waals surface area contributed by atoms with E-state index in [-0.39, 0.29) is 0 Å². The first-order valence-corrected chi connectivity index (χ1v) is 8.03. The molecule has 124 valence electrons. The van der Waals surface area contributed by atoms with E-state index in [1.807, 2.05) is 0 Å². The Hall–Kier alpha value is -1.93. The van der Waals surface area contributed by atoms with Gasteiger partial charge in [0.15, 0.2) is 0 Å². The number of alkyl halides is 3. The molecule has 23 heavy (non-hydrogen) atoms. The number of nitrogens with one attached hydrogen (secondary N) is 1. The van der Waals surface area contributed by atoms with Gasteiger partial charge in [-0.15, -0.1) is 0 Å². The van der Waals surface area contributed by atoms with Crippen LogP contribution in [-0.4, -0.2) is 8.42 Å². The Bertz CT molecular complexity index is 786. The molecule has 0 bridgehead atoms. The van der Waals surface area contributed by atoms with E-state index in [1.54, 1.807) is 0 Å². The van der Waals surface area contributed by atoms with Crippen molar-refractivity contribution in [1.82, 2.24) is 4.72 Å². The van der Waals surface area contributed by atoms with Gasteiger partial charge in [-0.3, -0.25) is 0 Å². The molecule has 0 heterocycles. The molecule has 1 atom stereocenters. The summed E-state index contributed by atoms with van der Waals surface area (Å²) < 4.78 is 78.4. The van der Waals surface area contributed by atoms with Crippen molar-refractivity contribution in [3.8, 4) is 0 Å². The summed E-state index contributed by atoms with van der Waals surface area (Å²) in [4.78, 5) is -0.846. The molecule has 8 heteroatoms. The number of benzene rings is 2. The van der Waals surface area contributed by atoms with Crippen molar-refractivity contribution in [2.24, 2.45) is 0 Å². The number of rotatable bonds is 4. The summed E-state index contributed by atoms with van der Waals surface area (Å²) in [5.41, 5.74) is -0.807. The van der Waals surface area contributed by atoms with Crippen molar-refractivity contribution in [2.45, 2.75) is 24.0 Å². The van der Waals surface area contributed by atoms with Crippen molar-refractivity contribution < 1.29 is 26.0 Å². The lowest BCUT2D eigenvalue weighted by molar-refractivity contribution is -0.139. The van der Waals surface area contributed by atoms with Gasteiger partial charge in [-0.25, -0.2) is 17.5 Å². The third-order valence-electron chi connectivity index (χ3n) is 3.18. The van der Waals surface area contributed by atoms with Crippen LogP contribution in [0.5, 0.6) is 0 Å². The SMILES string of the molecule is CC(NS(=O)(=O)c1ccccc1C(F)(F)F)c1ccc(F)cc1. The van der Waals surface area contributed by atoms with Crippen LogP contribution >= 0.6 is 0 Å². The van der Waals surface area contributed by atoms with E-state index in [4.69, 9.17) is 0 Å². The maximum Gasteiger partial charge on any atom is 0.417 e. The molecule has 0 aliphatic rings. The minimum Gasteiger partial charge on any atom is -0.207 e. The Morgan fingerprint density at radius 1 is 1.00 bits per heavy atom. The van der Waals surface area contributed by atoms with E-state index in [0.29, 0.717) is 11.6 Å². The van der Waals surface area contributed by atoms with Gasteiger partial charge < -0.3 is 0 Å². The van der Waals surface area contributed by atoms with Crippen molar-refractivity contribution in [3.05, 3.63) is 65.5 Å². The summed E-state index contributed by atoms with van der Waals surface area (Å²) in [6.07, 6.45) is -4.79. The first kappa shape index (κ1) is 17.4. The second-order valence-corrected chi connectivity index (χ2v) is 6.57. The standard InChI is InChI=1S/C15H13F4NO2S/c1-10(11-6-8-12(16)9-7-11)20-23(21,22)14-5-3-2-4-13(14)15(17,18)19/h2-10,20H,1H3. The molecule has 0 radical (unpaired) electrons. The quantitative estimate of drug-likeness (QED) is 0.853. The van der Waals surface area contributed by atoms with E-state index in [0.717, 1.165) is 24.3 Å².